The molecule has 0 aliphatic heterocycles. The maximum atomic E-state index is 5.38. The van der Waals surface area contributed by atoms with E-state index < -0.39 is 0 Å². The first-order valence-corrected chi connectivity index (χ1v) is 7.31. The number of nitrogens with one attached hydrogen (secondary N) is 1. The van der Waals surface area contributed by atoms with Crippen molar-refractivity contribution in [2.24, 2.45) is 0 Å². The third-order valence-electron chi connectivity index (χ3n) is 3.11. The lowest BCUT2D eigenvalue weighted by Gasteiger charge is -2.21. The van der Waals surface area contributed by atoms with E-state index in [1.165, 1.54) is 0 Å². The van der Waals surface area contributed by atoms with Gasteiger partial charge in [-0.15, -0.1) is 0 Å². The van der Waals surface area contributed by atoms with Gasteiger partial charge in [0, 0.05) is 36.6 Å². The average molecular weight is 288 g/mol. The van der Waals surface area contributed by atoms with Gasteiger partial charge in [-0.05, 0) is 39.8 Å². The minimum atomic E-state index is 0.0907. The Bertz CT molecular complexity index is 528. The summed E-state index contributed by atoms with van der Waals surface area (Å²) in [6, 6.07) is 3.86. The minimum absolute atomic E-state index is 0.0907. The highest BCUT2D eigenvalue weighted by Gasteiger charge is 2.11. The second-order valence-corrected chi connectivity index (χ2v) is 6.09. The molecule has 0 radical (unpaired) electrons. The molecule has 0 spiro atoms. The molecule has 21 heavy (non-hydrogen) atoms. The highest BCUT2D eigenvalue weighted by atomic mass is 16.3. The van der Waals surface area contributed by atoms with Crippen LogP contribution in [0.4, 0.5) is 5.95 Å². The normalized spacial score (nSPS) is 11.6. The number of anilines is 1. The molecule has 0 bridgehead atoms. The Kier molecular flexibility index (Phi) is 4.96. The van der Waals surface area contributed by atoms with E-state index in [1.54, 1.807) is 6.26 Å². The number of nitrogens with zero attached hydrogens (tertiary/aromatic N) is 3. The van der Waals surface area contributed by atoms with Crippen LogP contribution in [-0.4, -0.2) is 22.1 Å². The third kappa shape index (κ3) is 4.86. The van der Waals surface area contributed by atoms with Crippen molar-refractivity contribution in [3.8, 4) is 0 Å². The molecule has 0 aromatic carbocycles. The summed E-state index contributed by atoms with van der Waals surface area (Å²) >= 11 is 0. The Hall–Kier alpha value is -1.88. The second-order valence-electron chi connectivity index (χ2n) is 6.09. The molecule has 2 rings (SSSR count). The van der Waals surface area contributed by atoms with Crippen LogP contribution in [0.15, 0.2) is 35.2 Å². The molecule has 2 aromatic heterocycles. The highest BCUT2D eigenvalue weighted by Crippen LogP contribution is 2.12. The van der Waals surface area contributed by atoms with Crippen molar-refractivity contribution >= 4 is 5.95 Å². The van der Waals surface area contributed by atoms with E-state index in [2.05, 4.69) is 47.9 Å². The van der Waals surface area contributed by atoms with E-state index in [1.807, 2.05) is 24.5 Å². The van der Waals surface area contributed by atoms with Gasteiger partial charge in [-0.25, -0.2) is 9.97 Å². The molecule has 114 valence electrons. The molecule has 0 amide bonds. The lowest BCUT2D eigenvalue weighted by atomic mass is 10.1. The average Bonchev–Trinajstić information content (AvgIpc) is 2.95. The molecule has 2 heterocycles. The quantitative estimate of drug-likeness (QED) is 0.885. The van der Waals surface area contributed by atoms with Gasteiger partial charge in [-0.2, -0.15) is 0 Å². The molecule has 0 saturated heterocycles. The SMILES string of the molecule is CCN(Cc1ccco1)c1ncc(CNC(C)(C)C)cn1. The molecule has 0 fully saturated rings. The van der Waals surface area contributed by atoms with Gasteiger partial charge in [0.05, 0.1) is 12.8 Å². The van der Waals surface area contributed by atoms with E-state index >= 15 is 0 Å². The zero-order valence-electron chi connectivity index (χ0n) is 13.3. The van der Waals surface area contributed by atoms with E-state index in [-0.39, 0.29) is 5.54 Å². The van der Waals surface area contributed by atoms with Gasteiger partial charge >= 0.3 is 0 Å². The molecule has 0 aliphatic carbocycles. The van der Waals surface area contributed by atoms with Crippen molar-refractivity contribution in [3.63, 3.8) is 0 Å². The number of aromatic nitrogens is 2. The molecule has 5 nitrogen and oxygen atoms in total. The van der Waals surface area contributed by atoms with Crippen molar-refractivity contribution in [1.82, 2.24) is 15.3 Å². The molecule has 0 unspecified atom stereocenters. The van der Waals surface area contributed by atoms with Gasteiger partial charge in [0.25, 0.3) is 0 Å². The highest BCUT2D eigenvalue weighted by molar-refractivity contribution is 5.30. The summed E-state index contributed by atoms with van der Waals surface area (Å²) in [5, 5.41) is 3.43. The largest absolute Gasteiger partial charge is 0.467 e. The van der Waals surface area contributed by atoms with Crippen LogP contribution in [0.2, 0.25) is 0 Å². The van der Waals surface area contributed by atoms with Gasteiger partial charge in [0.1, 0.15) is 5.76 Å². The van der Waals surface area contributed by atoms with Crippen molar-refractivity contribution in [1.29, 1.82) is 0 Å². The van der Waals surface area contributed by atoms with Gasteiger partial charge in [-0.3, -0.25) is 0 Å². The van der Waals surface area contributed by atoms with E-state index in [9.17, 15) is 0 Å². The maximum absolute atomic E-state index is 5.38. The van der Waals surface area contributed by atoms with Gasteiger partial charge in [0.2, 0.25) is 5.95 Å². The predicted molar refractivity (Wildman–Crippen MR) is 84.1 cm³/mol. The van der Waals surface area contributed by atoms with Crippen LogP contribution >= 0.6 is 0 Å². The van der Waals surface area contributed by atoms with Crippen molar-refractivity contribution < 1.29 is 4.42 Å². The second kappa shape index (κ2) is 6.72. The summed E-state index contributed by atoms with van der Waals surface area (Å²) in [7, 11) is 0. The molecule has 0 saturated carbocycles. The van der Waals surface area contributed by atoms with Crippen LogP contribution in [-0.2, 0) is 13.1 Å². The number of hydrogen-bond donors (Lipinski definition) is 1. The maximum Gasteiger partial charge on any atom is 0.225 e. The Labute approximate surface area is 126 Å². The molecule has 0 aliphatic rings. The molecule has 0 atom stereocenters. The molecule has 2 aromatic rings. The summed E-state index contributed by atoms with van der Waals surface area (Å²) in [5.41, 5.74) is 1.18. The molecule has 1 N–H and O–H groups in total. The lowest BCUT2D eigenvalue weighted by Crippen LogP contribution is -2.35. The van der Waals surface area contributed by atoms with Crippen LogP contribution in [0.3, 0.4) is 0 Å². The fraction of sp³-hybridized carbons (Fsp3) is 0.500. The number of hydrogen-bond acceptors (Lipinski definition) is 5. The number of furan rings is 1. The fourth-order valence-corrected chi connectivity index (χ4v) is 1.88. The molecule has 5 heteroatoms. The van der Waals surface area contributed by atoms with Crippen LogP contribution in [0.1, 0.15) is 39.0 Å². The Morgan fingerprint density at radius 2 is 1.95 bits per heavy atom. The van der Waals surface area contributed by atoms with Crippen LogP contribution in [0.5, 0.6) is 0 Å². The third-order valence-corrected chi connectivity index (χ3v) is 3.11. The van der Waals surface area contributed by atoms with Crippen molar-refractivity contribution in [3.05, 3.63) is 42.1 Å². The predicted octanol–water partition coefficient (Wildman–Crippen LogP) is 2.98. The fourth-order valence-electron chi connectivity index (χ4n) is 1.88. The Morgan fingerprint density at radius 1 is 1.24 bits per heavy atom. The smallest absolute Gasteiger partial charge is 0.225 e. The summed E-state index contributed by atoms with van der Waals surface area (Å²) in [5.74, 6) is 1.65. The zero-order valence-corrected chi connectivity index (χ0v) is 13.3. The van der Waals surface area contributed by atoms with Crippen molar-refractivity contribution in [2.45, 2.75) is 46.3 Å². The van der Waals surface area contributed by atoms with Crippen molar-refractivity contribution in [2.75, 3.05) is 11.4 Å². The monoisotopic (exact) mass is 288 g/mol. The summed E-state index contributed by atoms with van der Waals surface area (Å²) in [4.78, 5) is 11.0. The van der Waals surface area contributed by atoms with Crippen LogP contribution in [0, 0.1) is 0 Å². The Balaban J connectivity index is 1.99. The molecular formula is C16H24N4O. The van der Waals surface area contributed by atoms with E-state index in [4.69, 9.17) is 4.42 Å². The number of rotatable bonds is 6. The first-order valence-electron chi connectivity index (χ1n) is 7.31. The van der Waals surface area contributed by atoms with E-state index in [0.717, 1.165) is 30.4 Å². The Morgan fingerprint density at radius 3 is 2.48 bits per heavy atom. The molecular weight excluding hydrogens is 264 g/mol. The van der Waals surface area contributed by atoms with E-state index in [0.29, 0.717) is 6.54 Å². The van der Waals surface area contributed by atoms with Crippen LogP contribution in [0.25, 0.3) is 0 Å². The summed E-state index contributed by atoms with van der Waals surface area (Å²) in [6.07, 6.45) is 5.45. The lowest BCUT2D eigenvalue weighted by molar-refractivity contribution is 0.423. The first-order chi connectivity index (χ1) is 9.98. The first kappa shape index (κ1) is 15.5. The van der Waals surface area contributed by atoms with Gasteiger partial charge in [0.15, 0.2) is 0 Å². The summed E-state index contributed by atoms with van der Waals surface area (Å²) in [6.45, 7) is 10.8. The zero-order chi connectivity index (χ0) is 15.3. The minimum Gasteiger partial charge on any atom is -0.467 e. The standard InChI is InChI=1S/C16H24N4O/c1-5-20(12-14-7-6-8-21-14)15-17-9-13(10-18-15)11-19-16(2,3)4/h6-10,19H,5,11-12H2,1-4H3. The topological polar surface area (TPSA) is 54.2 Å². The van der Waals surface area contributed by atoms with Gasteiger partial charge < -0.3 is 14.6 Å². The van der Waals surface area contributed by atoms with Crippen LogP contribution < -0.4 is 10.2 Å². The van der Waals surface area contributed by atoms with Gasteiger partial charge in [-0.1, -0.05) is 0 Å². The summed E-state index contributed by atoms with van der Waals surface area (Å²) < 4.78 is 5.38.